The van der Waals surface area contributed by atoms with Gasteiger partial charge in [-0.1, -0.05) is 11.6 Å². The molecule has 0 unspecified atom stereocenters. The van der Waals surface area contributed by atoms with E-state index in [2.05, 4.69) is 10.3 Å². The fourth-order valence-electron chi connectivity index (χ4n) is 2.24. The van der Waals surface area contributed by atoms with Crippen molar-refractivity contribution in [3.05, 3.63) is 22.8 Å². The van der Waals surface area contributed by atoms with Crippen LogP contribution in [0.25, 0.3) is 0 Å². The molecule has 0 aromatic carbocycles. The Morgan fingerprint density at radius 1 is 1.38 bits per heavy atom. The molecule has 1 aliphatic rings. The van der Waals surface area contributed by atoms with Crippen LogP contribution in [0.3, 0.4) is 0 Å². The molecule has 9 heteroatoms. The van der Waals surface area contributed by atoms with E-state index in [4.69, 9.17) is 16.7 Å². The second-order valence-electron chi connectivity index (χ2n) is 4.72. The van der Waals surface area contributed by atoms with Crippen LogP contribution in [0.1, 0.15) is 18.4 Å². The van der Waals surface area contributed by atoms with Gasteiger partial charge in [0.05, 0.1) is 5.56 Å². The van der Waals surface area contributed by atoms with Gasteiger partial charge in [0.1, 0.15) is 11.0 Å². The summed E-state index contributed by atoms with van der Waals surface area (Å²) in [5.41, 5.74) is -0.963. The molecular weight excluding hydrogens is 311 g/mol. The molecule has 0 atom stereocenters. The first kappa shape index (κ1) is 15.7. The van der Waals surface area contributed by atoms with Gasteiger partial charge in [0.15, 0.2) is 0 Å². The molecule has 1 aromatic heterocycles. The summed E-state index contributed by atoms with van der Waals surface area (Å²) in [6.07, 6.45) is -4.48. The maximum atomic E-state index is 12.6. The molecule has 5 nitrogen and oxygen atoms in total. The largest absolute Gasteiger partial charge is 0.465 e. The normalized spacial score (nSPS) is 16.9. The third kappa shape index (κ3) is 3.90. The average Bonchev–Trinajstić information content (AvgIpc) is 2.37. The van der Waals surface area contributed by atoms with Crippen LogP contribution < -0.4 is 10.2 Å². The number of rotatable bonds is 2. The van der Waals surface area contributed by atoms with E-state index in [1.54, 1.807) is 4.90 Å². The lowest BCUT2D eigenvalue weighted by atomic mass is 10.1. The van der Waals surface area contributed by atoms with Crippen molar-refractivity contribution in [1.82, 2.24) is 10.3 Å². The first-order chi connectivity index (χ1) is 9.77. The number of halogens is 4. The minimum absolute atomic E-state index is 0.149. The molecule has 0 radical (unpaired) electrons. The summed E-state index contributed by atoms with van der Waals surface area (Å²) >= 11 is 5.58. The second kappa shape index (κ2) is 5.97. The Balaban J connectivity index is 2.04. The number of hydrogen-bond acceptors (Lipinski definition) is 3. The molecule has 1 fully saturated rings. The third-order valence-electron chi connectivity index (χ3n) is 3.29. The summed E-state index contributed by atoms with van der Waals surface area (Å²) in [6, 6.07) is 2.04. The maximum absolute atomic E-state index is 12.6. The van der Waals surface area contributed by atoms with E-state index in [0.717, 1.165) is 6.07 Å². The zero-order valence-corrected chi connectivity index (χ0v) is 11.6. The molecule has 0 aliphatic carbocycles. The van der Waals surface area contributed by atoms with Gasteiger partial charge in [-0.25, -0.2) is 9.78 Å². The summed E-state index contributed by atoms with van der Waals surface area (Å²) in [4.78, 5) is 16.1. The predicted octanol–water partition coefficient (Wildman–Crippen LogP) is 2.99. The van der Waals surface area contributed by atoms with E-state index in [0.29, 0.717) is 31.7 Å². The van der Waals surface area contributed by atoms with Crippen LogP contribution in [-0.4, -0.2) is 35.3 Å². The van der Waals surface area contributed by atoms with Gasteiger partial charge in [-0.05, 0) is 25.0 Å². The molecule has 116 valence electrons. The highest BCUT2D eigenvalue weighted by molar-refractivity contribution is 6.30. The molecule has 1 aliphatic heterocycles. The monoisotopic (exact) mass is 323 g/mol. The number of hydrogen-bond donors (Lipinski definition) is 2. The molecule has 2 N–H and O–H groups in total. The van der Waals surface area contributed by atoms with Crippen molar-refractivity contribution < 1.29 is 23.1 Å². The number of amides is 1. The molecule has 1 saturated heterocycles. The topological polar surface area (TPSA) is 65.5 Å². The third-order valence-corrected chi connectivity index (χ3v) is 3.57. The first-order valence-electron chi connectivity index (χ1n) is 6.25. The van der Waals surface area contributed by atoms with E-state index in [-0.39, 0.29) is 6.04 Å². The van der Waals surface area contributed by atoms with Crippen molar-refractivity contribution in [2.24, 2.45) is 0 Å². The molecule has 2 heterocycles. The van der Waals surface area contributed by atoms with Crippen molar-refractivity contribution in [3.63, 3.8) is 0 Å². The molecule has 1 aromatic rings. The van der Waals surface area contributed by atoms with E-state index >= 15 is 0 Å². The van der Waals surface area contributed by atoms with Crippen molar-refractivity contribution in [1.29, 1.82) is 0 Å². The fourth-order valence-corrected chi connectivity index (χ4v) is 2.50. The SMILES string of the molecule is O=C(O)NC1CCN(c2ccc(C(F)(F)F)c(Cl)n2)CC1. The fraction of sp³-hybridized carbons (Fsp3) is 0.500. The lowest BCUT2D eigenvalue weighted by Crippen LogP contribution is -2.44. The Morgan fingerprint density at radius 2 is 2.00 bits per heavy atom. The summed E-state index contributed by atoms with van der Waals surface area (Å²) in [5, 5.41) is 10.4. The summed E-state index contributed by atoms with van der Waals surface area (Å²) < 4.78 is 37.8. The van der Waals surface area contributed by atoms with Crippen LogP contribution in [0, 0.1) is 0 Å². The number of pyridine rings is 1. The Kier molecular flexibility index (Phi) is 4.46. The lowest BCUT2D eigenvalue weighted by Gasteiger charge is -2.32. The number of piperidine rings is 1. The van der Waals surface area contributed by atoms with Crippen LogP contribution in [-0.2, 0) is 6.18 Å². The Morgan fingerprint density at radius 3 is 2.48 bits per heavy atom. The van der Waals surface area contributed by atoms with Crippen molar-refractivity contribution in [2.45, 2.75) is 25.1 Å². The zero-order chi connectivity index (χ0) is 15.6. The van der Waals surface area contributed by atoms with Gasteiger partial charge in [0, 0.05) is 19.1 Å². The van der Waals surface area contributed by atoms with E-state index < -0.39 is 23.0 Å². The number of carbonyl (C=O) groups is 1. The maximum Gasteiger partial charge on any atom is 0.419 e. The first-order valence-corrected chi connectivity index (χ1v) is 6.63. The summed E-state index contributed by atoms with van der Waals surface area (Å²) in [6.45, 7) is 0.999. The predicted molar refractivity (Wildman–Crippen MR) is 70.6 cm³/mol. The van der Waals surface area contributed by atoms with Gasteiger partial charge < -0.3 is 15.3 Å². The van der Waals surface area contributed by atoms with Gasteiger partial charge in [0.25, 0.3) is 0 Å². The van der Waals surface area contributed by atoms with Crippen molar-refractivity contribution in [2.75, 3.05) is 18.0 Å². The smallest absolute Gasteiger partial charge is 0.419 e. The number of anilines is 1. The molecule has 0 spiro atoms. The van der Waals surface area contributed by atoms with Crippen molar-refractivity contribution >= 4 is 23.5 Å². The highest BCUT2D eigenvalue weighted by Gasteiger charge is 2.34. The highest BCUT2D eigenvalue weighted by atomic mass is 35.5. The molecule has 1 amide bonds. The number of nitrogens with one attached hydrogen (secondary N) is 1. The average molecular weight is 324 g/mol. The minimum Gasteiger partial charge on any atom is -0.465 e. The second-order valence-corrected chi connectivity index (χ2v) is 5.07. The Hall–Kier alpha value is -1.70. The van der Waals surface area contributed by atoms with E-state index in [1.165, 1.54) is 6.07 Å². The van der Waals surface area contributed by atoms with E-state index in [1.807, 2.05) is 0 Å². The number of carboxylic acid groups (broad SMARTS) is 1. The summed E-state index contributed by atoms with van der Waals surface area (Å²) in [7, 11) is 0. The molecule has 21 heavy (non-hydrogen) atoms. The zero-order valence-electron chi connectivity index (χ0n) is 10.8. The Labute approximate surface area is 123 Å². The van der Waals surface area contributed by atoms with Crippen LogP contribution in [0.15, 0.2) is 12.1 Å². The number of nitrogens with zero attached hydrogens (tertiary/aromatic N) is 2. The van der Waals surface area contributed by atoms with Gasteiger partial charge in [-0.3, -0.25) is 0 Å². The quantitative estimate of drug-likeness (QED) is 0.821. The van der Waals surface area contributed by atoms with Gasteiger partial charge in [-0.15, -0.1) is 0 Å². The van der Waals surface area contributed by atoms with Gasteiger partial charge in [-0.2, -0.15) is 13.2 Å². The van der Waals surface area contributed by atoms with Gasteiger partial charge >= 0.3 is 12.3 Å². The van der Waals surface area contributed by atoms with Gasteiger partial charge in [0.2, 0.25) is 0 Å². The van der Waals surface area contributed by atoms with Crippen LogP contribution in [0.4, 0.5) is 23.8 Å². The molecule has 2 rings (SSSR count). The van der Waals surface area contributed by atoms with Crippen LogP contribution in [0.5, 0.6) is 0 Å². The molecule has 0 bridgehead atoms. The van der Waals surface area contributed by atoms with E-state index in [9.17, 15) is 18.0 Å². The summed E-state index contributed by atoms with van der Waals surface area (Å²) in [5.74, 6) is 0.363. The number of aromatic nitrogens is 1. The molecular formula is C12H13ClF3N3O2. The minimum atomic E-state index is -4.53. The lowest BCUT2D eigenvalue weighted by molar-refractivity contribution is -0.137. The van der Waals surface area contributed by atoms with Crippen LogP contribution >= 0.6 is 11.6 Å². The standard InChI is InChI=1S/C12H13ClF3N3O2/c13-10-8(12(14,15)16)1-2-9(18-10)19-5-3-7(4-6-19)17-11(20)21/h1-2,7,17H,3-6H2,(H,20,21). The number of alkyl halides is 3. The Bertz CT molecular complexity index is 531. The molecule has 0 saturated carbocycles. The van der Waals surface area contributed by atoms with Crippen molar-refractivity contribution in [3.8, 4) is 0 Å². The van der Waals surface area contributed by atoms with Crippen LogP contribution in [0.2, 0.25) is 5.15 Å². The highest BCUT2D eigenvalue weighted by Crippen LogP contribution is 2.35.